The molecule has 6 nitrogen and oxygen atoms in total. The molecule has 0 aliphatic rings. The molecule has 2 aromatic carbocycles. The molecule has 2 heterocycles. The van der Waals surface area contributed by atoms with Crippen molar-refractivity contribution in [3.63, 3.8) is 0 Å². The van der Waals surface area contributed by atoms with E-state index in [4.69, 9.17) is 45.5 Å². The molecule has 150 valence electrons. The fourth-order valence-corrected chi connectivity index (χ4v) is 3.23. The second-order valence-corrected chi connectivity index (χ2v) is 7.22. The first-order chi connectivity index (χ1) is 14.9. The minimum Gasteiger partial charge on any atom is -0.455 e. The number of ether oxygens (including phenoxy) is 1. The lowest BCUT2D eigenvalue weighted by molar-refractivity contribution is 0.440. The zero-order valence-electron chi connectivity index (χ0n) is 15.6. The first kappa shape index (κ1) is 20.9. The summed E-state index contributed by atoms with van der Waals surface area (Å²) in [6.07, 6.45) is 3.00. The zero-order chi connectivity index (χ0) is 22.0. The summed E-state index contributed by atoms with van der Waals surface area (Å²) in [6.45, 7) is 0. The molecule has 0 saturated carbocycles. The van der Waals surface area contributed by atoms with Crippen LogP contribution in [0.15, 0.2) is 53.2 Å². The summed E-state index contributed by atoms with van der Waals surface area (Å²) in [5, 5.41) is 17.6. The molecule has 2 aromatic heterocycles. The van der Waals surface area contributed by atoms with Crippen molar-refractivity contribution < 1.29 is 13.5 Å². The monoisotopic (exact) mass is 450 g/mol. The molecule has 0 saturated heterocycles. The average Bonchev–Trinajstić information content (AvgIpc) is 3.21. The van der Waals surface area contributed by atoms with E-state index in [0.29, 0.717) is 10.6 Å². The van der Waals surface area contributed by atoms with E-state index in [-0.39, 0.29) is 51.3 Å². The highest BCUT2D eigenvalue weighted by atomic mass is 35.5. The Bertz CT molecular complexity index is 1320. The quantitative estimate of drug-likeness (QED) is 0.412. The fraction of sp³-hybridized carbons (Fsp3) is 0.0476. The minimum absolute atomic E-state index is 0.00281. The first-order valence-corrected chi connectivity index (χ1v) is 9.58. The Hall–Kier alpha value is -3.41. The number of halogens is 3. The lowest BCUT2D eigenvalue weighted by Crippen LogP contribution is -2.11. The summed E-state index contributed by atoms with van der Waals surface area (Å²) >= 11 is 12.1. The van der Waals surface area contributed by atoms with Gasteiger partial charge in [-0.3, -0.25) is 4.98 Å². The molecule has 4 aromatic rings. The summed E-state index contributed by atoms with van der Waals surface area (Å²) in [6, 6.07) is 10.9. The number of hydrogen-bond donors (Lipinski definition) is 0. The van der Waals surface area contributed by atoms with Gasteiger partial charge in [-0.25, -0.2) is 4.39 Å². The third-order valence-electron chi connectivity index (χ3n) is 4.24. The smallest absolute Gasteiger partial charge is 0.249 e. The van der Waals surface area contributed by atoms with Crippen LogP contribution in [0.5, 0.6) is 11.5 Å². The van der Waals surface area contributed by atoms with Crippen molar-refractivity contribution in [2.45, 2.75) is 6.42 Å². The highest BCUT2D eigenvalue weighted by Crippen LogP contribution is 2.30. The van der Waals surface area contributed by atoms with Gasteiger partial charge in [-0.2, -0.15) is 5.26 Å². The molecule has 0 N–H and O–H groups in total. The van der Waals surface area contributed by atoms with E-state index >= 15 is 4.39 Å². The van der Waals surface area contributed by atoms with Gasteiger partial charge < -0.3 is 9.15 Å². The van der Waals surface area contributed by atoms with Crippen LogP contribution >= 0.6 is 23.2 Å². The molecule has 0 aliphatic heterocycles. The number of hydrogen-bond acceptors (Lipinski definition) is 6. The molecule has 2 radical (unpaired) electrons. The van der Waals surface area contributed by atoms with E-state index in [1.807, 2.05) is 6.07 Å². The number of rotatable bonds is 5. The van der Waals surface area contributed by atoms with Crippen molar-refractivity contribution >= 4 is 36.5 Å². The molecule has 0 aliphatic carbocycles. The first-order valence-electron chi connectivity index (χ1n) is 8.82. The van der Waals surface area contributed by atoms with Crippen molar-refractivity contribution in [3.8, 4) is 29.0 Å². The van der Waals surface area contributed by atoms with Crippen molar-refractivity contribution in [2.24, 2.45) is 0 Å². The number of nitriles is 1. The van der Waals surface area contributed by atoms with Crippen LogP contribution in [-0.2, 0) is 6.42 Å². The molecule has 0 atom stereocenters. The Morgan fingerprint density at radius 2 is 2.00 bits per heavy atom. The lowest BCUT2D eigenvalue weighted by atomic mass is 9.92. The molecule has 0 bridgehead atoms. The predicted molar refractivity (Wildman–Crippen MR) is 113 cm³/mol. The highest BCUT2D eigenvalue weighted by molar-refractivity contribution is 6.34. The molecule has 0 spiro atoms. The molecule has 0 amide bonds. The van der Waals surface area contributed by atoms with Gasteiger partial charge in [0.15, 0.2) is 11.6 Å². The molecule has 4 rings (SSSR count). The summed E-state index contributed by atoms with van der Waals surface area (Å²) in [4.78, 5) is 3.90. The van der Waals surface area contributed by atoms with Gasteiger partial charge in [0.25, 0.3) is 0 Å². The van der Waals surface area contributed by atoms with Crippen molar-refractivity contribution in [2.75, 3.05) is 0 Å². The van der Waals surface area contributed by atoms with Crippen LogP contribution in [0.4, 0.5) is 4.39 Å². The summed E-state index contributed by atoms with van der Waals surface area (Å²) in [5.41, 5.74) is 1.09. The fourth-order valence-electron chi connectivity index (χ4n) is 2.80. The van der Waals surface area contributed by atoms with Crippen LogP contribution in [0.1, 0.15) is 17.0 Å². The van der Waals surface area contributed by atoms with Gasteiger partial charge in [-0.15, -0.1) is 10.2 Å². The van der Waals surface area contributed by atoms with Crippen LogP contribution in [-0.4, -0.2) is 23.0 Å². The Morgan fingerprint density at radius 1 is 1.16 bits per heavy atom. The maximum absolute atomic E-state index is 15.2. The molecule has 10 heteroatoms. The van der Waals surface area contributed by atoms with Gasteiger partial charge in [-0.1, -0.05) is 40.8 Å². The summed E-state index contributed by atoms with van der Waals surface area (Å²) in [5.74, 6) is -0.343. The van der Waals surface area contributed by atoms with Crippen LogP contribution in [0, 0.1) is 17.1 Å². The Kier molecular flexibility index (Phi) is 5.89. The number of nitrogens with zero attached hydrogens (tertiary/aromatic N) is 4. The largest absolute Gasteiger partial charge is 0.455 e. The summed E-state index contributed by atoms with van der Waals surface area (Å²) < 4.78 is 26.4. The van der Waals surface area contributed by atoms with Gasteiger partial charge in [0.2, 0.25) is 11.8 Å². The van der Waals surface area contributed by atoms with E-state index in [9.17, 15) is 0 Å². The standard InChI is InChI=1S/C21H10BCl2FN4O2/c22-16-2-1-12(7-18-28-29-21(31-18)15-3-4-27-10-17(15)24)19(25)20(16)30-14-6-11(9-26)5-13(23)8-14/h1-6,8,10H,7H2. The highest BCUT2D eigenvalue weighted by Gasteiger charge is 2.18. The van der Waals surface area contributed by atoms with E-state index < -0.39 is 5.82 Å². The average molecular weight is 451 g/mol. The van der Waals surface area contributed by atoms with Gasteiger partial charge >= 0.3 is 0 Å². The van der Waals surface area contributed by atoms with Gasteiger partial charge in [0.05, 0.1) is 28.6 Å². The molecule has 0 unspecified atom stereocenters. The maximum Gasteiger partial charge on any atom is 0.249 e. The molecular weight excluding hydrogens is 441 g/mol. The molecule has 31 heavy (non-hydrogen) atoms. The lowest BCUT2D eigenvalue weighted by Gasteiger charge is -2.13. The second kappa shape index (κ2) is 8.76. The SMILES string of the molecule is [B]c1ccc(Cc2nnc(-c3ccncc3Cl)o2)c(F)c1Oc1cc(Cl)cc(C#N)c1. The van der Waals surface area contributed by atoms with Crippen LogP contribution in [0.3, 0.4) is 0 Å². The van der Waals surface area contributed by atoms with Gasteiger partial charge in [-0.05, 0) is 24.3 Å². The van der Waals surface area contributed by atoms with E-state index in [0.717, 1.165) is 0 Å². The number of pyridine rings is 1. The third kappa shape index (κ3) is 4.53. The van der Waals surface area contributed by atoms with E-state index in [1.165, 1.54) is 36.5 Å². The number of benzene rings is 2. The van der Waals surface area contributed by atoms with Gasteiger partial charge in [0.1, 0.15) is 13.6 Å². The van der Waals surface area contributed by atoms with Crippen LogP contribution < -0.4 is 10.2 Å². The zero-order valence-corrected chi connectivity index (χ0v) is 17.2. The van der Waals surface area contributed by atoms with Crippen molar-refractivity contribution in [3.05, 3.63) is 81.7 Å². The van der Waals surface area contributed by atoms with Gasteiger partial charge in [0, 0.05) is 23.0 Å². The summed E-state index contributed by atoms with van der Waals surface area (Å²) in [7, 11) is 5.90. The third-order valence-corrected chi connectivity index (χ3v) is 4.76. The molecule has 0 fully saturated rings. The Labute approximate surface area is 187 Å². The van der Waals surface area contributed by atoms with E-state index in [2.05, 4.69) is 15.2 Å². The molecular formula is C21H10BCl2FN4O2. The topological polar surface area (TPSA) is 84.8 Å². The van der Waals surface area contributed by atoms with Crippen LogP contribution in [0.2, 0.25) is 10.0 Å². The normalized spacial score (nSPS) is 10.6. The van der Waals surface area contributed by atoms with Crippen molar-refractivity contribution in [1.29, 1.82) is 5.26 Å². The second-order valence-electron chi connectivity index (χ2n) is 6.38. The Morgan fingerprint density at radius 3 is 2.77 bits per heavy atom. The van der Waals surface area contributed by atoms with E-state index in [1.54, 1.807) is 12.3 Å². The Balaban J connectivity index is 1.62. The number of aromatic nitrogens is 3. The maximum atomic E-state index is 15.2. The van der Waals surface area contributed by atoms with Crippen molar-refractivity contribution in [1.82, 2.24) is 15.2 Å². The minimum atomic E-state index is -0.694. The van der Waals surface area contributed by atoms with Crippen LogP contribution in [0.25, 0.3) is 11.5 Å². The predicted octanol–water partition coefficient (Wildman–Crippen LogP) is 4.63.